The standard InChI is InChI=1S/C21H20FN3O3S/c1-13-18(9-14-5-2-3-7-17(14)22)29-21(23-13)24-20(27)15-10-19(26)25(11-15)12-16-6-4-8-28-16/h2-8,15H,9-12H2,1H3,(H,23,24,27). The van der Waals surface area contributed by atoms with Crippen LogP contribution in [0.15, 0.2) is 47.1 Å². The van der Waals surface area contributed by atoms with Crippen molar-refractivity contribution in [2.45, 2.75) is 26.3 Å². The number of rotatable bonds is 6. The summed E-state index contributed by atoms with van der Waals surface area (Å²) in [5.74, 6) is -0.306. The quantitative estimate of drug-likeness (QED) is 0.668. The highest BCUT2D eigenvalue weighted by Gasteiger charge is 2.35. The van der Waals surface area contributed by atoms with Crippen molar-refractivity contribution in [3.05, 3.63) is 70.4 Å². The fourth-order valence-electron chi connectivity index (χ4n) is 3.36. The summed E-state index contributed by atoms with van der Waals surface area (Å²) in [4.78, 5) is 31.8. The average molecular weight is 413 g/mol. The number of anilines is 1. The molecule has 1 aliphatic heterocycles. The zero-order chi connectivity index (χ0) is 20.4. The Hall–Kier alpha value is -3.00. The molecule has 2 amide bonds. The van der Waals surface area contributed by atoms with Crippen LogP contribution >= 0.6 is 11.3 Å². The molecule has 3 aromatic rings. The maximum absolute atomic E-state index is 13.9. The van der Waals surface area contributed by atoms with Crippen molar-refractivity contribution in [2.24, 2.45) is 5.92 Å². The molecule has 1 N–H and O–H groups in total. The fourth-order valence-corrected chi connectivity index (χ4v) is 4.35. The summed E-state index contributed by atoms with van der Waals surface area (Å²) >= 11 is 1.33. The molecule has 1 aliphatic rings. The van der Waals surface area contributed by atoms with E-state index in [4.69, 9.17) is 4.42 Å². The molecule has 6 nitrogen and oxygen atoms in total. The lowest BCUT2D eigenvalue weighted by Gasteiger charge is -2.14. The lowest BCUT2D eigenvalue weighted by Crippen LogP contribution is -2.27. The monoisotopic (exact) mass is 413 g/mol. The molecule has 4 rings (SSSR count). The van der Waals surface area contributed by atoms with Crippen LogP contribution in [0.4, 0.5) is 9.52 Å². The van der Waals surface area contributed by atoms with Gasteiger partial charge >= 0.3 is 0 Å². The Morgan fingerprint density at radius 3 is 2.93 bits per heavy atom. The van der Waals surface area contributed by atoms with Gasteiger partial charge in [-0.25, -0.2) is 9.37 Å². The van der Waals surface area contributed by atoms with Crippen molar-refractivity contribution in [1.29, 1.82) is 0 Å². The van der Waals surface area contributed by atoms with E-state index in [2.05, 4.69) is 10.3 Å². The second-order valence-electron chi connectivity index (χ2n) is 7.04. The van der Waals surface area contributed by atoms with E-state index in [1.54, 1.807) is 41.5 Å². The topological polar surface area (TPSA) is 75.4 Å². The number of hydrogen-bond donors (Lipinski definition) is 1. The maximum atomic E-state index is 13.9. The van der Waals surface area contributed by atoms with Crippen LogP contribution in [0, 0.1) is 18.7 Å². The highest BCUT2D eigenvalue weighted by molar-refractivity contribution is 7.15. The van der Waals surface area contributed by atoms with E-state index in [0.29, 0.717) is 36.0 Å². The molecule has 1 fully saturated rings. The summed E-state index contributed by atoms with van der Waals surface area (Å²) in [6.07, 6.45) is 2.15. The van der Waals surface area contributed by atoms with E-state index < -0.39 is 5.92 Å². The zero-order valence-corrected chi connectivity index (χ0v) is 16.7. The van der Waals surface area contributed by atoms with Crippen LogP contribution in [-0.2, 0) is 22.6 Å². The SMILES string of the molecule is Cc1nc(NC(=O)C2CC(=O)N(Cc3ccco3)C2)sc1Cc1ccccc1F. The van der Waals surface area contributed by atoms with Gasteiger partial charge in [-0.3, -0.25) is 9.59 Å². The molecular formula is C21H20FN3O3S. The molecule has 0 aliphatic carbocycles. The number of amides is 2. The summed E-state index contributed by atoms with van der Waals surface area (Å²) in [7, 11) is 0. The predicted octanol–water partition coefficient (Wildman–Crippen LogP) is 3.76. The van der Waals surface area contributed by atoms with Crippen molar-refractivity contribution in [1.82, 2.24) is 9.88 Å². The van der Waals surface area contributed by atoms with Gasteiger partial charge in [-0.1, -0.05) is 18.2 Å². The number of halogens is 1. The Morgan fingerprint density at radius 1 is 1.34 bits per heavy atom. The van der Waals surface area contributed by atoms with Gasteiger partial charge in [0, 0.05) is 24.3 Å². The molecule has 29 heavy (non-hydrogen) atoms. The number of furan rings is 1. The highest BCUT2D eigenvalue weighted by Crippen LogP contribution is 2.28. The minimum atomic E-state index is -0.434. The number of nitrogens with one attached hydrogen (secondary N) is 1. The van der Waals surface area contributed by atoms with E-state index in [9.17, 15) is 14.0 Å². The molecule has 1 aromatic carbocycles. The van der Waals surface area contributed by atoms with Gasteiger partial charge in [-0.05, 0) is 30.7 Å². The van der Waals surface area contributed by atoms with Gasteiger partial charge in [0.1, 0.15) is 11.6 Å². The molecule has 0 spiro atoms. The van der Waals surface area contributed by atoms with Crippen molar-refractivity contribution in [3.8, 4) is 0 Å². The number of nitrogens with zero attached hydrogens (tertiary/aromatic N) is 2. The zero-order valence-electron chi connectivity index (χ0n) is 15.9. The van der Waals surface area contributed by atoms with E-state index in [-0.39, 0.29) is 24.1 Å². The third kappa shape index (κ3) is 4.37. The first-order valence-corrected chi connectivity index (χ1v) is 10.1. The average Bonchev–Trinajstić information content (AvgIpc) is 3.40. The van der Waals surface area contributed by atoms with Crippen LogP contribution in [0.3, 0.4) is 0 Å². The number of carbonyl (C=O) groups is 2. The second-order valence-corrected chi connectivity index (χ2v) is 8.12. The van der Waals surface area contributed by atoms with Crippen LogP contribution in [0.25, 0.3) is 0 Å². The Kier molecular flexibility index (Phi) is 5.44. The summed E-state index contributed by atoms with van der Waals surface area (Å²) < 4.78 is 19.2. The number of likely N-dealkylation sites (tertiary alicyclic amines) is 1. The minimum absolute atomic E-state index is 0.0721. The maximum Gasteiger partial charge on any atom is 0.231 e. The highest BCUT2D eigenvalue weighted by atomic mass is 32.1. The van der Waals surface area contributed by atoms with Crippen molar-refractivity contribution >= 4 is 28.3 Å². The Balaban J connectivity index is 1.39. The van der Waals surface area contributed by atoms with Crippen LogP contribution in [0.2, 0.25) is 0 Å². The van der Waals surface area contributed by atoms with Gasteiger partial charge in [0.05, 0.1) is 24.4 Å². The molecule has 1 unspecified atom stereocenters. The smallest absolute Gasteiger partial charge is 0.231 e. The van der Waals surface area contributed by atoms with Crippen LogP contribution < -0.4 is 5.32 Å². The van der Waals surface area contributed by atoms with E-state index in [1.807, 2.05) is 6.92 Å². The molecule has 150 valence electrons. The third-order valence-corrected chi connectivity index (χ3v) is 6.02. The second kappa shape index (κ2) is 8.16. The van der Waals surface area contributed by atoms with E-state index in [0.717, 1.165) is 10.6 Å². The third-order valence-electron chi connectivity index (χ3n) is 4.94. The summed E-state index contributed by atoms with van der Waals surface area (Å²) in [6, 6.07) is 10.2. The summed E-state index contributed by atoms with van der Waals surface area (Å²) in [5.41, 5.74) is 1.35. The van der Waals surface area contributed by atoms with E-state index >= 15 is 0 Å². The van der Waals surface area contributed by atoms with Crippen molar-refractivity contribution in [3.63, 3.8) is 0 Å². The molecule has 0 radical (unpaired) electrons. The first-order chi connectivity index (χ1) is 14.0. The fraction of sp³-hybridized carbons (Fsp3) is 0.286. The Bertz CT molecular complexity index is 1030. The first-order valence-electron chi connectivity index (χ1n) is 9.30. The summed E-state index contributed by atoms with van der Waals surface area (Å²) in [6.45, 7) is 2.54. The largest absolute Gasteiger partial charge is 0.467 e. The van der Waals surface area contributed by atoms with Crippen molar-refractivity contribution in [2.75, 3.05) is 11.9 Å². The lowest BCUT2D eigenvalue weighted by atomic mass is 10.1. The molecule has 0 bridgehead atoms. The number of carbonyl (C=O) groups excluding carboxylic acids is 2. The van der Waals surface area contributed by atoms with Gasteiger partial charge in [-0.2, -0.15) is 0 Å². The first kappa shape index (κ1) is 19.3. The predicted molar refractivity (Wildman–Crippen MR) is 107 cm³/mol. The molecule has 8 heteroatoms. The molecule has 1 atom stereocenters. The molecular weight excluding hydrogens is 393 g/mol. The normalized spacial score (nSPS) is 16.4. The number of thiazole rings is 1. The number of hydrogen-bond acceptors (Lipinski definition) is 5. The van der Waals surface area contributed by atoms with Gasteiger partial charge in [-0.15, -0.1) is 11.3 Å². The molecule has 0 saturated carbocycles. The molecule has 2 aromatic heterocycles. The molecule has 1 saturated heterocycles. The number of aromatic nitrogens is 1. The van der Waals surface area contributed by atoms with Gasteiger partial charge < -0.3 is 14.6 Å². The van der Waals surface area contributed by atoms with Crippen molar-refractivity contribution < 1.29 is 18.4 Å². The van der Waals surface area contributed by atoms with Crippen LogP contribution in [0.5, 0.6) is 0 Å². The summed E-state index contributed by atoms with van der Waals surface area (Å²) in [5, 5.41) is 3.29. The van der Waals surface area contributed by atoms with Gasteiger partial charge in [0.25, 0.3) is 0 Å². The number of benzene rings is 1. The lowest BCUT2D eigenvalue weighted by molar-refractivity contribution is -0.128. The minimum Gasteiger partial charge on any atom is -0.467 e. The Morgan fingerprint density at radius 2 is 2.17 bits per heavy atom. The molecule has 3 heterocycles. The van der Waals surface area contributed by atoms with Crippen LogP contribution in [-0.4, -0.2) is 28.2 Å². The van der Waals surface area contributed by atoms with Gasteiger partial charge in [0.2, 0.25) is 11.8 Å². The Labute approximate surface area is 171 Å². The van der Waals surface area contributed by atoms with E-state index in [1.165, 1.54) is 17.4 Å². The van der Waals surface area contributed by atoms with Crippen LogP contribution in [0.1, 0.15) is 28.3 Å². The number of aryl methyl sites for hydroxylation is 1. The van der Waals surface area contributed by atoms with Gasteiger partial charge in [0.15, 0.2) is 5.13 Å².